The number of rotatable bonds is 1. The fourth-order valence-corrected chi connectivity index (χ4v) is 3.65. The largest absolute Gasteiger partial charge is 0.310 e. The highest BCUT2D eigenvalue weighted by molar-refractivity contribution is 4.89. The molecule has 2 atom stereocenters. The Bertz CT molecular complexity index is 237. The highest BCUT2D eigenvalue weighted by Crippen LogP contribution is 2.28. The molecule has 0 aromatic heterocycles. The first-order valence-electron chi connectivity index (χ1n) is 7.57. The van der Waals surface area contributed by atoms with E-state index in [1.165, 1.54) is 58.2 Å². The van der Waals surface area contributed by atoms with E-state index in [-0.39, 0.29) is 0 Å². The van der Waals surface area contributed by atoms with Gasteiger partial charge in [0.2, 0.25) is 0 Å². The molecule has 1 heterocycles. The summed E-state index contributed by atoms with van der Waals surface area (Å²) in [6, 6.07) is 0.844. The third kappa shape index (κ3) is 3.69. The second kappa shape index (κ2) is 5.71. The molecule has 1 aliphatic carbocycles. The molecule has 1 aliphatic heterocycles. The molecule has 100 valence electrons. The minimum absolute atomic E-state index is 0.294. The average Bonchev–Trinajstić information content (AvgIpc) is 2.56. The molecule has 0 aromatic carbocycles. The molecule has 2 unspecified atom stereocenters. The van der Waals surface area contributed by atoms with Crippen LogP contribution in [0.2, 0.25) is 0 Å². The molecular weight excluding hydrogens is 208 g/mol. The van der Waals surface area contributed by atoms with E-state index in [2.05, 4.69) is 31.0 Å². The summed E-state index contributed by atoms with van der Waals surface area (Å²) in [6.07, 6.45) is 8.53. The van der Waals surface area contributed by atoms with E-state index in [1.807, 2.05) is 0 Å². The van der Waals surface area contributed by atoms with Gasteiger partial charge in [-0.1, -0.05) is 26.2 Å². The van der Waals surface area contributed by atoms with Crippen molar-refractivity contribution in [2.24, 2.45) is 5.92 Å². The molecular formula is C15H30N2. The van der Waals surface area contributed by atoms with Crippen LogP contribution in [0.15, 0.2) is 0 Å². The van der Waals surface area contributed by atoms with Crippen LogP contribution in [-0.4, -0.2) is 36.1 Å². The Hall–Kier alpha value is -0.0800. The Balaban J connectivity index is 2.02. The van der Waals surface area contributed by atoms with Crippen molar-refractivity contribution in [1.29, 1.82) is 0 Å². The standard InChI is InChI=1S/C15H30N2/c1-13-8-5-4-6-9-14(13)17-11-7-10-16-15(2,3)12-17/h13-14,16H,4-12H2,1-3H3. The first-order valence-corrected chi connectivity index (χ1v) is 7.57. The topological polar surface area (TPSA) is 15.3 Å². The lowest BCUT2D eigenvalue weighted by Gasteiger charge is -2.38. The van der Waals surface area contributed by atoms with E-state index in [0.717, 1.165) is 12.0 Å². The Morgan fingerprint density at radius 3 is 2.65 bits per heavy atom. The van der Waals surface area contributed by atoms with Crippen LogP contribution in [0, 0.1) is 5.92 Å². The minimum atomic E-state index is 0.294. The summed E-state index contributed by atoms with van der Waals surface area (Å²) >= 11 is 0. The number of hydrogen-bond acceptors (Lipinski definition) is 2. The molecule has 1 N–H and O–H groups in total. The smallest absolute Gasteiger partial charge is 0.0252 e. The molecule has 0 aromatic rings. The van der Waals surface area contributed by atoms with Gasteiger partial charge in [0.15, 0.2) is 0 Å². The Morgan fingerprint density at radius 1 is 1.06 bits per heavy atom. The molecule has 0 bridgehead atoms. The zero-order valence-electron chi connectivity index (χ0n) is 12.0. The molecule has 2 heteroatoms. The van der Waals surface area contributed by atoms with Gasteiger partial charge in [0.25, 0.3) is 0 Å². The van der Waals surface area contributed by atoms with Crippen LogP contribution in [0.4, 0.5) is 0 Å². The normalized spacial score (nSPS) is 36.2. The van der Waals surface area contributed by atoms with Gasteiger partial charge in [-0.15, -0.1) is 0 Å². The van der Waals surface area contributed by atoms with E-state index in [1.54, 1.807) is 0 Å². The van der Waals surface area contributed by atoms with Gasteiger partial charge in [-0.25, -0.2) is 0 Å². The van der Waals surface area contributed by atoms with E-state index in [0.29, 0.717) is 5.54 Å². The Morgan fingerprint density at radius 2 is 1.82 bits per heavy atom. The van der Waals surface area contributed by atoms with Gasteiger partial charge in [-0.2, -0.15) is 0 Å². The number of nitrogens with one attached hydrogen (secondary N) is 1. The number of hydrogen-bond donors (Lipinski definition) is 1. The molecule has 17 heavy (non-hydrogen) atoms. The van der Waals surface area contributed by atoms with Crippen LogP contribution in [-0.2, 0) is 0 Å². The summed E-state index contributed by atoms with van der Waals surface area (Å²) in [7, 11) is 0. The number of nitrogens with zero attached hydrogens (tertiary/aromatic N) is 1. The maximum Gasteiger partial charge on any atom is 0.0252 e. The molecule has 2 aliphatic rings. The van der Waals surface area contributed by atoms with Gasteiger partial charge in [0.05, 0.1) is 0 Å². The maximum absolute atomic E-state index is 3.68. The highest BCUT2D eigenvalue weighted by Gasteiger charge is 2.31. The molecule has 2 rings (SSSR count). The van der Waals surface area contributed by atoms with Crippen LogP contribution in [0.3, 0.4) is 0 Å². The molecule has 0 amide bonds. The first-order chi connectivity index (χ1) is 8.08. The van der Waals surface area contributed by atoms with Gasteiger partial charge in [-0.3, -0.25) is 4.90 Å². The maximum atomic E-state index is 3.68. The van der Waals surface area contributed by atoms with Crippen molar-refractivity contribution >= 4 is 0 Å². The lowest BCUT2D eigenvalue weighted by molar-refractivity contribution is 0.122. The summed E-state index contributed by atoms with van der Waals surface area (Å²) < 4.78 is 0. The van der Waals surface area contributed by atoms with Gasteiger partial charge >= 0.3 is 0 Å². The van der Waals surface area contributed by atoms with Crippen LogP contribution < -0.4 is 5.32 Å². The van der Waals surface area contributed by atoms with Crippen molar-refractivity contribution in [3.05, 3.63) is 0 Å². The lowest BCUT2D eigenvalue weighted by Crippen LogP contribution is -2.50. The van der Waals surface area contributed by atoms with Gasteiger partial charge in [-0.05, 0) is 52.1 Å². The Labute approximate surface area is 107 Å². The SMILES string of the molecule is CC1CCCCCC1N1CCCNC(C)(C)C1. The van der Waals surface area contributed by atoms with Gasteiger partial charge < -0.3 is 5.32 Å². The molecule has 0 radical (unpaired) electrons. The van der Waals surface area contributed by atoms with Crippen molar-refractivity contribution < 1.29 is 0 Å². The lowest BCUT2D eigenvalue weighted by atomic mass is 9.93. The molecule has 1 saturated heterocycles. The zero-order chi connectivity index (χ0) is 12.3. The third-order valence-corrected chi connectivity index (χ3v) is 4.61. The average molecular weight is 238 g/mol. The highest BCUT2D eigenvalue weighted by atomic mass is 15.2. The van der Waals surface area contributed by atoms with Crippen molar-refractivity contribution in [3.63, 3.8) is 0 Å². The van der Waals surface area contributed by atoms with E-state index < -0.39 is 0 Å². The summed E-state index contributed by atoms with van der Waals surface area (Å²) in [5.41, 5.74) is 0.294. The van der Waals surface area contributed by atoms with Crippen LogP contribution in [0.1, 0.15) is 59.3 Å². The second-order valence-corrected chi connectivity index (χ2v) is 6.82. The van der Waals surface area contributed by atoms with Crippen molar-refractivity contribution in [2.45, 2.75) is 70.9 Å². The quantitative estimate of drug-likeness (QED) is 0.706. The van der Waals surface area contributed by atoms with Gasteiger partial charge in [0.1, 0.15) is 0 Å². The summed E-state index contributed by atoms with van der Waals surface area (Å²) in [4.78, 5) is 2.79. The van der Waals surface area contributed by atoms with Crippen molar-refractivity contribution in [1.82, 2.24) is 10.2 Å². The summed E-state index contributed by atoms with van der Waals surface area (Å²) in [6.45, 7) is 10.9. The second-order valence-electron chi connectivity index (χ2n) is 6.82. The summed E-state index contributed by atoms with van der Waals surface area (Å²) in [5.74, 6) is 0.895. The van der Waals surface area contributed by atoms with Crippen molar-refractivity contribution in [3.8, 4) is 0 Å². The molecule has 2 fully saturated rings. The monoisotopic (exact) mass is 238 g/mol. The fourth-order valence-electron chi connectivity index (χ4n) is 3.65. The van der Waals surface area contributed by atoms with Crippen LogP contribution >= 0.6 is 0 Å². The summed E-state index contributed by atoms with van der Waals surface area (Å²) in [5, 5.41) is 3.68. The van der Waals surface area contributed by atoms with E-state index in [4.69, 9.17) is 0 Å². The Kier molecular flexibility index (Phi) is 4.48. The molecule has 0 spiro atoms. The van der Waals surface area contributed by atoms with E-state index in [9.17, 15) is 0 Å². The molecule has 1 saturated carbocycles. The predicted molar refractivity (Wildman–Crippen MR) is 74.3 cm³/mol. The van der Waals surface area contributed by atoms with E-state index >= 15 is 0 Å². The first kappa shape index (κ1) is 13.4. The van der Waals surface area contributed by atoms with Crippen LogP contribution in [0.25, 0.3) is 0 Å². The van der Waals surface area contributed by atoms with Crippen molar-refractivity contribution in [2.75, 3.05) is 19.6 Å². The molecule has 2 nitrogen and oxygen atoms in total. The zero-order valence-corrected chi connectivity index (χ0v) is 12.0. The predicted octanol–water partition coefficient (Wildman–Crippen LogP) is 3.03. The van der Waals surface area contributed by atoms with Crippen LogP contribution in [0.5, 0.6) is 0 Å². The fraction of sp³-hybridized carbons (Fsp3) is 1.00. The third-order valence-electron chi connectivity index (χ3n) is 4.61. The minimum Gasteiger partial charge on any atom is -0.310 e. The van der Waals surface area contributed by atoms with Gasteiger partial charge in [0, 0.05) is 18.1 Å².